The van der Waals surface area contributed by atoms with Gasteiger partial charge in [0.15, 0.2) is 0 Å². The van der Waals surface area contributed by atoms with E-state index in [0.717, 1.165) is 19.3 Å². The Morgan fingerprint density at radius 3 is 2.64 bits per heavy atom. The molecule has 0 heterocycles. The van der Waals surface area contributed by atoms with Crippen LogP contribution in [0.25, 0.3) is 0 Å². The maximum absolute atomic E-state index is 11.3. The molecule has 1 aliphatic rings. The molecule has 0 radical (unpaired) electrons. The van der Waals surface area contributed by atoms with Gasteiger partial charge < -0.3 is 16.2 Å². The van der Waals surface area contributed by atoms with Crippen LogP contribution < -0.4 is 11.1 Å². The summed E-state index contributed by atoms with van der Waals surface area (Å²) >= 11 is 0. The summed E-state index contributed by atoms with van der Waals surface area (Å²) in [5.74, 6) is 0.110. The number of nitrogens with two attached hydrogens (primary N) is 1. The zero-order chi connectivity index (χ0) is 10.4. The Balaban J connectivity index is 1.94. The first-order valence-electron chi connectivity index (χ1n) is 5.40. The van der Waals surface area contributed by atoms with Crippen molar-refractivity contribution in [1.82, 2.24) is 5.32 Å². The molecule has 0 spiro atoms. The number of aliphatic hydroxyl groups is 1. The zero-order valence-electron chi connectivity index (χ0n) is 8.54. The molecule has 1 aliphatic carbocycles. The largest absolute Gasteiger partial charge is 0.393 e. The lowest BCUT2D eigenvalue weighted by molar-refractivity contribution is -0.123. The van der Waals surface area contributed by atoms with Crippen molar-refractivity contribution in [2.45, 2.75) is 50.7 Å². The van der Waals surface area contributed by atoms with Crippen LogP contribution in [0.4, 0.5) is 0 Å². The van der Waals surface area contributed by atoms with Gasteiger partial charge in [-0.1, -0.05) is 6.42 Å². The van der Waals surface area contributed by atoms with Crippen molar-refractivity contribution < 1.29 is 9.90 Å². The first-order valence-corrected chi connectivity index (χ1v) is 5.40. The molecular formula is C10H20N2O2. The lowest BCUT2D eigenvalue weighted by atomic mass is 9.89. The fourth-order valence-corrected chi connectivity index (χ4v) is 1.61. The number of hydrogen-bond donors (Lipinski definition) is 3. The number of amides is 1. The number of hydrogen-bond acceptors (Lipinski definition) is 3. The summed E-state index contributed by atoms with van der Waals surface area (Å²) in [7, 11) is 0. The van der Waals surface area contributed by atoms with E-state index in [9.17, 15) is 4.79 Å². The highest BCUT2D eigenvalue weighted by atomic mass is 16.3. The van der Waals surface area contributed by atoms with E-state index in [1.54, 1.807) is 0 Å². The van der Waals surface area contributed by atoms with Crippen LogP contribution in [-0.4, -0.2) is 29.7 Å². The number of unbranched alkanes of at least 4 members (excludes halogenated alkanes) is 2. The van der Waals surface area contributed by atoms with Crippen LogP contribution in [0.3, 0.4) is 0 Å². The predicted molar refractivity (Wildman–Crippen MR) is 54.7 cm³/mol. The summed E-state index contributed by atoms with van der Waals surface area (Å²) in [5.41, 5.74) is 5.34. The Labute approximate surface area is 84.9 Å². The van der Waals surface area contributed by atoms with Gasteiger partial charge in [0.25, 0.3) is 0 Å². The normalized spacial score (nSPS) is 25.6. The fraction of sp³-hybridized carbons (Fsp3) is 0.900. The van der Waals surface area contributed by atoms with Gasteiger partial charge in [-0.15, -0.1) is 0 Å². The second-order valence-electron chi connectivity index (χ2n) is 3.99. The molecule has 0 aromatic heterocycles. The Kier molecular flexibility index (Phi) is 4.90. The van der Waals surface area contributed by atoms with Gasteiger partial charge in [0.2, 0.25) is 5.91 Å². The minimum atomic E-state index is -0.197. The molecule has 1 fully saturated rings. The number of nitrogens with one attached hydrogen (secondary N) is 1. The van der Waals surface area contributed by atoms with Crippen LogP contribution in [0, 0.1) is 0 Å². The minimum absolute atomic E-state index is 0.110. The van der Waals surface area contributed by atoms with Gasteiger partial charge in [-0.25, -0.2) is 0 Å². The monoisotopic (exact) mass is 200 g/mol. The molecule has 0 aromatic carbocycles. The highest BCUT2D eigenvalue weighted by Crippen LogP contribution is 2.19. The molecule has 14 heavy (non-hydrogen) atoms. The van der Waals surface area contributed by atoms with E-state index in [1.807, 2.05) is 0 Å². The average molecular weight is 200 g/mol. The van der Waals surface area contributed by atoms with Gasteiger partial charge in [0.1, 0.15) is 0 Å². The molecule has 4 heteroatoms. The van der Waals surface area contributed by atoms with Gasteiger partial charge in [-0.2, -0.15) is 0 Å². The molecule has 0 aliphatic heterocycles. The lowest BCUT2D eigenvalue weighted by Crippen LogP contribution is -2.46. The molecule has 1 amide bonds. The smallest absolute Gasteiger partial charge is 0.220 e. The maximum atomic E-state index is 11.3. The molecule has 0 atom stereocenters. The average Bonchev–Trinajstić information content (AvgIpc) is 2.10. The zero-order valence-corrected chi connectivity index (χ0v) is 8.54. The van der Waals surface area contributed by atoms with Crippen LogP contribution in [0.2, 0.25) is 0 Å². The van der Waals surface area contributed by atoms with E-state index in [2.05, 4.69) is 5.32 Å². The van der Waals surface area contributed by atoms with Crippen molar-refractivity contribution in [3.05, 3.63) is 0 Å². The summed E-state index contributed by atoms with van der Waals surface area (Å²) < 4.78 is 0. The third kappa shape index (κ3) is 4.07. The Morgan fingerprint density at radius 2 is 2.07 bits per heavy atom. The number of carbonyl (C=O) groups excluding carboxylic acids is 1. The van der Waals surface area contributed by atoms with Crippen molar-refractivity contribution in [3.63, 3.8) is 0 Å². The third-order valence-corrected chi connectivity index (χ3v) is 2.59. The predicted octanol–water partition coefficient (Wildman–Crippen LogP) is 0.145. The number of carbonyl (C=O) groups is 1. The van der Waals surface area contributed by atoms with Crippen molar-refractivity contribution >= 4 is 5.91 Å². The highest BCUT2D eigenvalue weighted by Gasteiger charge is 2.27. The van der Waals surface area contributed by atoms with E-state index >= 15 is 0 Å². The number of rotatable bonds is 6. The van der Waals surface area contributed by atoms with Crippen molar-refractivity contribution in [3.8, 4) is 0 Å². The molecule has 1 saturated carbocycles. The second-order valence-corrected chi connectivity index (χ2v) is 3.99. The van der Waals surface area contributed by atoms with Crippen LogP contribution >= 0.6 is 0 Å². The van der Waals surface area contributed by atoms with E-state index in [4.69, 9.17) is 10.8 Å². The molecule has 0 saturated heterocycles. The van der Waals surface area contributed by atoms with Crippen molar-refractivity contribution in [2.24, 2.45) is 5.73 Å². The fourth-order valence-electron chi connectivity index (χ4n) is 1.61. The Bertz CT molecular complexity index is 179. The summed E-state index contributed by atoms with van der Waals surface area (Å²) in [5, 5.41) is 11.9. The summed E-state index contributed by atoms with van der Waals surface area (Å²) in [4.78, 5) is 11.3. The van der Waals surface area contributed by atoms with Crippen LogP contribution in [-0.2, 0) is 4.79 Å². The van der Waals surface area contributed by atoms with Crippen molar-refractivity contribution in [2.75, 3.05) is 6.54 Å². The Morgan fingerprint density at radius 1 is 1.36 bits per heavy atom. The summed E-state index contributed by atoms with van der Waals surface area (Å²) in [6.45, 7) is 0.705. The lowest BCUT2D eigenvalue weighted by Gasteiger charge is -2.31. The first-order chi connectivity index (χ1) is 6.72. The molecule has 1 rings (SSSR count). The highest BCUT2D eigenvalue weighted by molar-refractivity contribution is 5.76. The summed E-state index contributed by atoms with van der Waals surface area (Å²) in [6.07, 6.45) is 4.76. The van der Waals surface area contributed by atoms with Gasteiger partial charge in [0, 0.05) is 12.5 Å². The number of aliphatic hydroxyl groups excluding tert-OH is 1. The van der Waals surface area contributed by atoms with E-state index < -0.39 is 0 Å². The molecule has 4 N–H and O–H groups in total. The molecule has 4 nitrogen and oxygen atoms in total. The van der Waals surface area contributed by atoms with Crippen LogP contribution in [0.15, 0.2) is 0 Å². The molecule has 82 valence electrons. The molecule has 0 unspecified atom stereocenters. The minimum Gasteiger partial charge on any atom is -0.393 e. The van der Waals surface area contributed by atoms with E-state index in [0.29, 0.717) is 25.8 Å². The SMILES string of the molecule is NCCCCCC(=O)NC1CC(O)C1. The van der Waals surface area contributed by atoms with Gasteiger partial charge >= 0.3 is 0 Å². The standard InChI is InChI=1S/C10H20N2O2/c11-5-3-1-2-4-10(14)12-8-6-9(13)7-8/h8-9,13H,1-7,11H2,(H,12,14). The van der Waals surface area contributed by atoms with Gasteiger partial charge in [-0.3, -0.25) is 4.79 Å². The molecular weight excluding hydrogens is 180 g/mol. The van der Waals surface area contributed by atoms with Crippen molar-refractivity contribution in [1.29, 1.82) is 0 Å². The third-order valence-electron chi connectivity index (χ3n) is 2.59. The molecule has 0 bridgehead atoms. The van der Waals surface area contributed by atoms with Crippen LogP contribution in [0.5, 0.6) is 0 Å². The maximum Gasteiger partial charge on any atom is 0.220 e. The Hall–Kier alpha value is -0.610. The van der Waals surface area contributed by atoms with E-state index in [1.165, 1.54) is 0 Å². The van der Waals surface area contributed by atoms with Gasteiger partial charge in [0.05, 0.1) is 6.10 Å². The topological polar surface area (TPSA) is 75.4 Å². The van der Waals surface area contributed by atoms with Crippen LogP contribution in [0.1, 0.15) is 38.5 Å². The van der Waals surface area contributed by atoms with Gasteiger partial charge in [-0.05, 0) is 32.2 Å². The first kappa shape index (κ1) is 11.5. The summed E-state index contributed by atoms with van der Waals surface area (Å²) in [6, 6.07) is 0.215. The second kappa shape index (κ2) is 5.98. The molecule has 0 aromatic rings. The van der Waals surface area contributed by atoms with E-state index in [-0.39, 0.29) is 18.1 Å². The quantitative estimate of drug-likeness (QED) is 0.534.